The first kappa shape index (κ1) is 68.9. The Kier molecular flexibility index (Phi) is 34.2. The minimum Gasteiger partial charge on any atom is -0.368 e. The van der Waals surface area contributed by atoms with Gasteiger partial charge < -0.3 is 58.5 Å². The van der Waals surface area contributed by atoms with Crippen LogP contribution in [0, 0.1) is 17.8 Å². The third-order valence-electron chi connectivity index (χ3n) is 13.2. The molecule has 0 fully saturated rings. The highest BCUT2D eigenvalue weighted by Gasteiger charge is 2.30. The standard InChI is InChI=1S/C60H99N11O8/c1-8-9-12-27-57(76)68(36-49(63)25-17-19-30-61)41-55(74)67-52(35-48-23-15-11-16-24-48)39-70(58(77)29-28-47-21-13-10-14-22-47)42-54(73)65-50(26-18-20-31-62)37-71(60(79)34-46(6)7)43-56(75)66-51(32-44(2)3)38-69(40-53(64)72)59(78)33-45(4)5/h8,10-11,13-16,21-24,44-46,49-52H,1,9,12,17-20,25-43,61-63H2,2-7H3,(H2,64,72)(H,65,73)(H,66,75)(H,67,74)/t49-,50-,51-,52-/m0/s1. The van der Waals surface area contributed by atoms with E-state index in [-0.39, 0.29) is 125 Å². The van der Waals surface area contributed by atoms with Gasteiger partial charge in [0.1, 0.15) is 0 Å². The topological polar surface area (TPSA) is 290 Å². The van der Waals surface area contributed by atoms with Crippen LogP contribution in [0.25, 0.3) is 0 Å². The zero-order valence-corrected chi connectivity index (χ0v) is 48.6. The molecule has 0 saturated heterocycles. The summed E-state index contributed by atoms with van der Waals surface area (Å²) in [6.07, 6.45) is 8.55. The highest BCUT2D eigenvalue weighted by atomic mass is 16.2. The molecule has 2 aromatic rings. The van der Waals surface area contributed by atoms with Gasteiger partial charge in [-0.15, -0.1) is 6.58 Å². The summed E-state index contributed by atoms with van der Waals surface area (Å²) in [7, 11) is 0. The number of nitrogens with one attached hydrogen (secondary N) is 3. The molecule has 19 nitrogen and oxygen atoms in total. The van der Waals surface area contributed by atoms with Crippen LogP contribution in [0.1, 0.15) is 136 Å². The van der Waals surface area contributed by atoms with E-state index in [1.807, 2.05) is 102 Å². The Hall–Kier alpha value is -6.18. The molecule has 0 heterocycles. The average Bonchev–Trinajstić information content (AvgIpc) is 3.37. The number of rotatable bonds is 42. The van der Waals surface area contributed by atoms with Crippen molar-refractivity contribution in [3.63, 3.8) is 0 Å². The molecule has 0 spiro atoms. The summed E-state index contributed by atoms with van der Waals surface area (Å²) in [6.45, 7) is 15.1. The molecule has 79 heavy (non-hydrogen) atoms. The zero-order valence-electron chi connectivity index (χ0n) is 48.6. The molecule has 0 saturated carbocycles. The molecule has 2 aromatic carbocycles. The highest BCUT2D eigenvalue weighted by molar-refractivity contribution is 5.88. The van der Waals surface area contributed by atoms with Crippen LogP contribution in [0.15, 0.2) is 73.3 Å². The van der Waals surface area contributed by atoms with Crippen LogP contribution in [0.3, 0.4) is 0 Å². The first-order chi connectivity index (χ1) is 37.6. The predicted octanol–water partition coefficient (Wildman–Crippen LogP) is 4.20. The van der Waals surface area contributed by atoms with Gasteiger partial charge in [0.25, 0.3) is 0 Å². The number of nitrogens with zero attached hydrogens (tertiary/aromatic N) is 4. The Balaban J connectivity index is 2.54. The van der Waals surface area contributed by atoms with Crippen molar-refractivity contribution in [2.75, 3.05) is 65.4 Å². The quantitative estimate of drug-likeness (QED) is 0.0365. The third kappa shape index (κ3) is 31.3. The van der Waals surface area contributed by atoms with Gasteiger partial charge in [-0.1, -0.05) is 121 Å². The molecule has 442 valence electrons. The first-order valence-electron chi connectivity index (χ1n) is 28.7. The summed E-state index contributed by atoms with van der Waals surface area (Å²) in [5, 5.41) is 9.25. The Morgan fingerprint density at radius 3 is 1.47 bits per heavy atom. The third-order valence-corrected chi connectivity index (χ3v) is 13.2. The average molecular weight is 1100 g/mol. The molecule has 11 N–H and O–H groups in total. The second kappa shape index (κ2) is 39.2. The zero-order chi connectivity index (χ0) is 58.7. The van der Waals surface area contributed by atoms with Crippen molar-refractivity contribution < 1.29 is 38.4 Å². The molecule has 0 radical (unpaired) electrons. The van der Waals surface area contributed by atoms with Crippen molar-refractivity contribution in [2.45, 2.75) is 162 Å². The van der Waals surface area contributed by atoms with Crippen LogP contribution < -0.4 is 38.9 Å². The van der Waals surface area contributed by atoms with E-state index in [0.29, 0.717) is 70.9 Å². The molecule has 0 aliphatic rings. The molecule has 0 unspecified atom stereocenters. The maximum absolute atomic E-state index is 14.5. The highest BCUT2D eigenvalue weighted by Crippen LogP contribution is 2.15. The molecule has 0 aliphatic carbocycles. The molecule has 0 aromatic heterocycles. The smallest absolute Gasteiger partial charge is 0.239 e. The number of primary amides is 1. The largest absolute Gasteiger partial charge is 0.368 e. The minimum atomic E-state index is -0.696. The number of benzene rings is 2. The van der Waals surface area contributed by atoms with E-state index in [1.165, 1.54) is 19.6 Å². The van der Waals surface area contributed by atoms with E-state index in [0.717, 1.165) is 24.0 Å². The van der Waals surface area contributed by atoms with Gasteiger partial charge in [0.15, 0.2) is 0 Å². The lowest BCUT2D eigenvalue weighted by atomic mass is 10.0. The van der Waals surface area contributed by atoms with Crippen LogP contribution in [0.4, 0.5) is 0 Å². The number of allylic oxidation sites excluding steroid dienone is 1. The molecule has 0 bridgehead atoms. The number of carbonyl (C=O) groups excluding carboxylic acids is 8. The second-order valence-electron chi connectivity index (χ2n) is 22.4. The van der Waals surface area contributed by atoms with E-state index in [9.17, 15) is 38.4 Å². The van der Waals surface area contributed by atoms with Crippen LogP contribution in [-0.4, -0.2) is 156 Å². The molecule has 4 atom stereocenters. The van der Waals surface area contributed by atoms with Crippen molar-refractivity contribution in [1.82, 2.24) is 35.6 Å². The van der Waals surface area contributed by atoms with Crippen molar-refractivity contribution in [3.05, 3.63) is 84.4 Å². The van der Waals surface area contributed by atoms with Crippen LogP contribution in [-0.2, 0) is 51.2 Å². The van der Waals surface area contributed by atoms with Crippen molar-refractivity contribution >= 4 is 47.3 Å². The second-order valence-corrected chi connectivity index (χ2v) is 22.4. The van der Waals surface area contributed by atoms with Gasteiger partial charge in [0.2, 0.25) is 47.3 Å². The van der Waals surface area contributed by atoms with Crippen molar-refractivity contribution in [2.24, 2.45) is 40.7 Å². The van der Waals surface area contributed by atoms with E-state index in [2.05, 4.69) is 22.5 Å². The van der Waals surface area contributed by atoms with Crippen LogP contribution in [0.2, 0.25) is 0 Å². The fourth-order valence-corrected chi connectivity index (χ4v) is 9.39. The van der Waals surface area contributed by atoms with Crippen LogP contribution in [0.5, 0.6) is 0 Å². The number of aryl methyl sites for hydroxylation is 1. The number of hydrogen-bond donors (Lipinski definition) is 7. The van der Waals surface area contributed by atoms with Gasteiger partial charge in [-0.05, 0) is 99.8 Å². The maximum Gasteiger partial charge on any atom is 0.239 e. The van der Waals surface area contributed by atoms with E-state index >= 15 is 0 Å². The monoisotopic (exact) mass is 1100 g/mol. The van der Waals surface area contributed by atoms with Gasteiger partial charge >= 0.3 is 0 Å². The van der Waals surface area contributed by atoms with E-state index in [1.54, 1.807) is 6.08 Å². The summed E-state index contributed by atoms with van der Waals surface area (Å²) in [5.41, 5.74) is 25.5. The summed E-state index contributed by atoms with van der Waals surface area (Å²) in [4.78, 5) is 116. The Morgan fingerprint density at radius 2 is 0.962 bits per heavy atom. The van der Waals surface area contributed by atoms with Gasteiger partial charge in [-0.3, -0.25) is 38.4 Å². The van der Waals surface area contributed by atoms with Gasteiger partial charge in [0, 0.05) is 70.0 Å². The predicted molar refractivity (Wildman–Crippen MR) is 312 cm³/mol. The van der Waals surface area contributed by atoms with Crippen molar-refractivity contribution in [3.8, 4) is 0 Å². The van der Waals surface area contributed by atoms with Gasteiger partial charge in [-0.2, -0.15) is 0 Å². The Labute approximate surface area is 472 Å². The summed E-state index contributed by atoms with van der Waals surface area (Å²) in [5.74, 6) is -3.12. The number of carbonyl (C=O) groups is 8. The molecular weight excluding hydrogens is 1000 g/mol. The SMILES string of the molecule is C=CCCCC(=O)N(CC(=O)N[C@@H](Cc1ccccc1)CN(CC(=O)N[C@@H](CCCCN)CN(CC(=O)N[C@@H](CC(C)C)CN(CC(N)=O)C(=O)CC(C)C)C(=O)CC(C)C)C(=O)CCc1ccccc1)C[C@@H](N)CCCCN. The summed E-state index contributed by atoms with van der Waals surface area (Å²) >= 11 is 0. The maximum atomic E-state index is 14.5. The van der Waals surface area contributed by atoms with Gasteiger partial charge in [0.05, 0.1) is 32.2 Å². The number of amides is 8. The lowest BCUT2D eigenvalue weighted by Gasteiger charge is -2.32. The first-order valence-corrected chi connectivity index (χ1v) is 28.7. The Morgan fingerprint density at radius 1 is 0.519 bits per heavy atom. The van der Waals surface area contributed by atoms with E-state index in [4.69, 9.17) is 22.9 Å². The normalized spacial score (nSPS) is 12.8. The van der Waals surface area contributed by atoms with Crippen molar-refractivity contribution in [1.29, 1.82) is 0 Å². The molecular formula is C60H99N11O8. The van der Waals surface area contributed by atoms with Crippen LogP contribution >= 0.6 is 0 Å². The molecule has 8 amide bonds. The molecule has 0 aliphatic heterocycles. The lowest BCUT2D eigenvalue weighted by Crippen LogP contribution is -2.54. The number of nitrogens with two attached hydrogens (primary N) is 4. The number of hydrogen-bond acceptors (Lipinski definition) is 11. The molecule has 19 heteroatoms. The van der Waals surface area contributed by atoms with Gasteiger partial charge in [-0.25, -0.2) is 0 Å². The molecule has 2 rings (SSSR count). The summed E-state index contributed by atoms with van der Waals surface area (Å²) in [6, 6.07) is 16.7. The minimum absolute atomic E-state index is 0.0261. The Bertz CT molecular complexity index is 2140. The number of unbranched alkanes of at least 4 members (excludes halogenated alkanes) is 3. The fraction of sp³-hybridized carbons (Fsp3) is 0.633. The fourth-order valence-electron chi connectivity index (χ4n) is 9.39. The lowest BCUT2D eigenvalue weighted by molar-refractivity contribution is -0.139. The van der Waals surface area contributed by atoms with E-state index < -0.39 is 41.8 Å². The summed E-state index contributed by atoms with van der Waals surface area (Å²) < 4.78 is 0.